The predicted molar refractivity (Wildman–Crippen MR) is 49.1 cm³/mol. The molecule has 0 spiro atoms. The highest BCUT2D eigenvalue weighted by Crippen LogP contribution is 2.15. The van der Waals surface area contributed by atoms with Crippen LogP contribution >= 0.6 is 0 Å². The first-order valence-corrected chi connectivity index (χ1v) is 4.59. The minimum Gasteiger partial charge on any atom is -0.314 e. The van der Waals surface area contributed by atoms with Crippen LogP contribution in [-0.4, -0.2) is 43.3 Å². The van der Waals surface area contributed by atoms with Crippen molar-refractivity contribution in [1.29, 1.82) is 0 Å². The highest BCUT2D eigenvalue weighted by Gasteiger charge is 2.23. The van der Waals surface area contributed by atoms with Gasteiger partial charge in [0.1, 0.15) is 5.67 Å². The first kappa shape index (κ1) is 9.93. The number of hydrogen-bond donors (Lipinski definition) is 1. The van der Waals surface area contributed by atoms with Crippen LogP contribution in [0.15, 0.2) is 0 Å². The standard InChI is InChI=1S/C9H19FN2/c1-9(2,10)4-5-12(3)8-6-11-7-8/h8,11H,4-7H2,1-3H3. The Kier molecular flexibility index (Phi) is 3.07. The van der Waals surface area contributed by atoms with Gasteiger partial charge in [0.15, 0.2) is 0 Å². The van der Waals surface area contributed by atoms with Crippen molar-refractivity contribution in [3.63, 3.8) is 0 Å². The summed E-state index contributed by atoms with van der Waals surface area (Å²) in [4.78, 5) is 2.23. The fraction of sp³-hybridized carbons (Fsp3) is 1.00. The van der Waals surface area contributed by atoms with E-state index in [0.717, 1.165) is 19.6 Å². The van der Waals surface area contributed by atoms with Crippen molar-refractivity contribution >= 4 is 0 Å². The molecule has 12 heavy (non-hydrogen) atoms. The second kappa shape index (κ2) is 3.71. The van der Waals surface area contributed by atoms with Crippen LogP contribution in [0.4, 0.5) is 4.39 Å². The summed E-state index contributed by atoms with van der Waals surface area (Å²) in [5.74, 6) is 0. The van der Waals surface area contributed by atoms with Crippen LogP contribution in [0.25, 0.3) is 0 Å². The third-order valence-electron chi connectivity index (χ3n) is 2.44. The van der Waals surface area contributed by atoms with Gasteiger partial charge in [0.25, 0.3) is 0 Å². The lowest BCUT2D eigenvalue weighted by molar-refractivity contribution is 0.130. The van der Waals surface area contributed by atoms with Gasteiger partial charge in [0.05, 0.1) is 0 Å². The zero-order chi connectivity index (χ0) is 9.19. The van der Waals surface area contributed by atoms with E-state index in [1.54, 1.807) is 13.8 Å². The zero-order valence-corrected chi connectivity index (χ0v) is 8.23. The van der Waals surface area contributed by atoms with Crippen LogP contribution in [0.5, 0.6) is 0 Å². The van der Waals surface area contributed by atoms with E-state index < -0.39 is 5.67 Å². The molecule has 1 aliphatic rings. The average molecular weight is 174 g/mol. The van der Waals surface area contributed by atoms with Gasteiger partial charge in [-0.1, -0.05) is 0 Å². The summed E-state index contributed by atoms with van der Waals surface area (Å²) in [6.07, 6.45) is 0.625. The number of rotatable bonds is 4. The molecule has 0 bridgehead atoms. The molecule has 0 atom stereocenters. The highest BCUT2D eigenvalue weighted by atomic mass is 19.1. The van der Waals surface area contributed by atoms with Crippen molar-refractivity contribution in [2.24, 2.45) is 0 Å². The van der Waals surface area contributed by atoms with Crippen LogP contribution in [0.2, 0.25) is 0 Å². The van der Waals surface area contributed by atoms with Gasteiger partial charge in [0, 0.05) is 25.7 Å². The fourth-order valence-electron chi connectivity index (χ4n) is 1.21. The summed E-state index contributed by atoms with van der Waals surface area (Å²) in [7, 11) is 2.07. The number of halogens is 1. The predicted octanol–water partition coefficient (Wildman–Crippen LogP) is 1.03. The van der Waals surface area contributed by atoms with Crippen LogP contribution < -0.4 is 5.32 Å². The summed E-state index contributed by atoms with van der Waals surface area (Å²) in [5.41, 5.74) is -1.02. The molecule has 1 saturated heterocycles. The normalized spacial score (nSPS) is 19.8. The van der Waals surface area contributed by atoms with Gasteiger partial charge in [-0.3, -0.25) is 0 Å². The molecule has 72 valence electrons. The maximum atomic E-state index is 13.1. The van der Waals surface area contributed by atoms with Gasteiger partial charge < -0.3 is 10.2 Å². The molecule has 0 unspecified atom stereocenters. The Morgan fingerprint density at radius 2 is 2.08 bits per heavy atom. The Hall–Kier alpha value is -0.150. The molecule has 2 nitrogen and oxygen atoms in total. The summed E-state index contributed by atoms with van der Waals surface area (Å²) < 4.78 is 13.1. The van der Waals surface area contributed by atoms with E-state index in [4.69, 9.17) is 0 Å². The summed E-state index contributed by atoms with van der Waals surface area (Å²) in [6, 6.07) is 0.632. The molecule has 0 saturated carbocycles. The third-order valence-corrected chi connectivity index (χ3v) is 2.44. The van der Waals surface area contributed by atoms with E-state index in [2.05, 4.69) is 17.3 Å². The van der Waals surface area contributed by atoms with E-state index >= 15 is 0 Å². The van der Waals surface area contributed by atoms with Gasteiger partial charge in [0.2, 0.25) is 0 Å². The van der Waals surface area contributed by atoms with Gasteiger partial charge in [-0.2, -0.15) is 0 Å². The monoisotopic (exact) mass is 174 g/mol. The van der Waals surface area contributed by atoms with Gasteiger partial charge >= 0.3 is 0 Å². The number of nitrogens with one attached hydrogen (secondary N) is 1. The largest absolute Gasteiger partial charge is 0.314 e. The van der Waals surface area contributed by atoms with E-state index in [-0.39, 0.29) is 0 Å². The van der Waals surface area contributed by atoms with Gasteiger partial charge in [-0.05, 0) is 27.3 Å². The number of nitrogens with zero attached hydrogens (tertiary/aromatic N) is 1. The molecule has 3 heteroatoms. The Labute approximate surface area is 74.1 Å². The first-order chi connectivity index (χ1) is 5.49. The van der Waals surface area contributed by atoms with Gasteiger partial charge in [-0.25, -0.2) is 4.39 Å². The van der Waals surface area contributed by atoms with Crippen LogP contribution in [0, 0.1) is 0 Å². The number of alkyl halides is 1. The Bertz CT molecular complexity index is 138. The van der Waals surface area contributed by atoms with Crippen molar-refractivity contribution in [3.8, 4) is 0 Å². The van der Waals surface area contributed by atoms with E-state index in [1.807, 2.05) is 0 Å². The average Bonchev–Trinajstić information content (AvgIpc) is 1.78. The molecule has 1 aliphatic heterocycles. The Morgan fingerprint density at radius 3 is 2.42 bits per heavy atom. The second-order valence-corrected chi connectivity index (χ2v) is 4.26. The van der Waals surface area contributed by atoms with Crippen molar-refractivity contribution in [2.45, 2.75) is 32.0 Å². The number of likely N-dealkylation sites (N-methyl/N-ethyl adjacent to an activating group) is 1. The highest BCUT2D eigenvalue weighted by molar-refractivity contribution is 4.83. The minimum absolute atomic E-state index is 0.625. The van der Waals surface area contributed by atoms with Crippen molar-refractivity contribution < 1.29 is 4.39 Å². The molecule has 0 aromatic heterocycles. The molecule has 1 heterocycles. The topological polar surface area (TPSA) is 15.3 Å². The van der Waals surface area contributed by atoms with Crippen molar-refractivity contribution in [2.75, 3.05) is 26.7 Å². The smallest absolute Gasteiger partial charge is 0.106 e. The Morgan fingerprint density at radius 1 is 1.50 bits per heavy atom. The van der Waals surface area contributed by atoms with Crippen LogP contribution in [0.3, 0.4) is 0 Å². The maximum absolute atomic E-state index is 13.1. The first-order valence-electron chi connectivity index (χ1n) is 4.59. The molecule has 0 aliphatic carbocycles. The molecule has 0 radical (unpaired) electrons. The zero-order valence-electron chi connectivity index (χ0n) is 8.23. The SMILES string of the molecule is CN(CCC(C)(C)F)C1CNC1. The second-order valence-electron chi connectivity index (χ2n) is 4.26. The van der Waals surface area contributed by atoms with Crippen molar-refractivity contribution in [3.05, 3.63) is 0 Å². The molecular weight excluding hydrogens is 155 g/mol. The lowest BCUT2D eigenvalue weighted by Gasteiger charge is -2.36. The summed E-state index contributed by atoms with van der Waals surface area (Å²) in [5, 5.41) is 3.20. The van der Waals surface area contributed by atoms with Crippen LogP contribution in [0.1, 0.15) is 20.3 Å². The van der Waals surface area contributed by atoms with E-state index in [0.29, 0.717) is 12.5 Å². The summed E-state index contributed by atoms with van der Waals surface area (Å²) >= 11 is 0. The Balaban J connectivity index is 2.13. The summed E-state index contributed by atoms with van der Waals surface area (Å²) in [6.45, 7) is 6.25. The molecule has 1 rings (SSSR count). The fourth-order valence-corrected chi connectivity index (χ4v) is 1.21. The lowest BCUT2D eigenvalue weighted by Crippen LogP contribution is -2.56. The van der Waals surface area contributed by atoms with E-state index in [9.17, 15) is 4.39 Å². The molecule has 1 fully saturated rings. The maximum Gasteiger partial charge on any atom is 0.106 e. The minimum atomic E-state index is -1.02. The van der Waals surface area contributed by atoms with Crippen molar-refractivity contribution in [1.82, 2.24) is 10.2 Å². The molecular formula is C9H19FN2. The molecule has 1 N–H and O–H groups in total. The third kappa shape index (κ3) is 3.07. The van der Waals surface area contributed by atoms with Gasteiger partial charge in [-0.15, -0.1) is 0 Å². The number of hydrogen-bond acceptors (Lipinski definition) is 2. The van der Waals surface area contributed by atoms with E-state index in [1.165, 1.54) is 0 Å². The van der Waals surface area contributed by atoms with Crippen LogP contribution in [-0.2, 0) is 0 Å². The lowest BCUT2D eigenvalue weighted by atomic mass is 10.1. The molecule has 0 aromatic rings. The molecule has 0 aromatic carbocycles. The molecule has 0 amide bonds. The quantitative estimate of drug-likeness (QED) is 0.684.